The number of carbonyl (C=O) groups is 1. The summed E-state index contributed by atoms with van der Waals surface area (Å²) in [4.78, 5) is 21.2. The van der Waals surface area contributed by atoms with Crippen LogP contribution >= 0.6 is 0 Å². The summed E-state index contributed by atoms with van der Waals surface area (Å²) in [5.74, 6) is -3.43. The van der Waals surface area contributed by atoms with Crippen LogP contribution in [0.4, 0.5) is 24.8 Å². The average Bonchev–Trinajstić information content (AvgIpc) is 3.26. The molecule has 1 aromatic heterocycles. The number of alkyl halides is 3. The second-order valence-electron chi connectivity index (χ2n) is 10.3. The normalized spacial score (nSPS) is 17.7. The molecule has 2 heterocycles. The zero-order valence-electron chi connectivity index (χ0n) is 21.4. The standard InChI is InChI=1S/C26H22F3N7O3S/c1-24(2,3)35-40(38,39)20-17-9-5-10-18(20)25(17)19(22(37)33-23-31-11-6-12-32-23)21(26(27,28)29)34-36(25)16-8-4-7-15(13-16)14-30/h4-13,19,35H,1-3H3,(H,31,32,33,37). The van der Waals surface area contributed by atoms with Gasteiger partial charge in [0.05, 0.1) is 22.2 Å². The van der Waals surface area contributed by atoms with E-state index in [9.17, 15) is 31.6 Å². The van der Waals surface area contributed by atoms with Gasteiger partial charge in [-0.3, -0.25) is 10.1 Å². The fourth-order valence-corrected chi connectivity index (χ4v) is 7.05. The van der Waals surface area contributed by atoms with Crippen LogP contribution in [-0.4, -0.2) is 41.7 Å². The fourth-order valence-electron chi connectivity index (χ4n) is 5.12. The van der Waals surface area contributed by atoms with Crippen LogP contribution in [-0.2, 0) is 20.4 Å². The van der Waals surface area contributed by atoms with Gasteiger partial charge in [0.25, 0.3) is 0 Å². The smallest absolute Gasteiger partial charge is 0.294 e. The molecule has 0 radical (unpaired) electrons. The Morgan fingerprint density at radius 2 is 1.68 bits per heavy atom. The van der Waals surface area contributed by atoms with E-state index >= 15 is 0 Å². The monoisotopic (exact) mass is 569 g/mol. The number of fused-ring (bicyclic) bond motifs is 4. The molecule has 1 aliphatic heterocycles. The Hall–Kier alpha value is -4.35. The van der Waals surface area contributed by atoms with Crippen molar-refractivity contribution in [3.8, 4) is 6.07 Å². The molecular weight excluding hydrogens is 547 g/mol. The Kier molecular flexibility index (Phi) is 6.20. The number of nitriles is 1. The second kappa shape index (κ2) is 9.10. The summed E-state index contributed by atoms with van der Waals surface area (Å²) in [6.45, 7) is 4.88. The Bertz CT molecular complexity index is 1670. The Morgan fingerprint density at radius 1 is 1.05 bits per heavy atom. The number of hydrogen-bond acceptors (Lipinski definition) is 8. The molecule has 1 spiro atoms. The number of sulfonamides is 1. The van der Waals surface area contributed by atoms with Gasteiger partial charge in [-0.15, -0.1) is 0 Å². The maximum absolute atomic E-state index is 14.6. The lowest BCUT2D eigenvalue weighted by atomic mass is 9.63. The van der Waals surface area contributed by atoms with Gasteiger partial charge in [0.1, 0.15) is 11.5 Å². The van der Waals surface area contributed by atoms with E-state index in [0.717, 1.165) is 5.01 Å². The van der Waals surface area contributed by atoms with Gasteiger partial charge in [0.2, 0.25) is 21.9 Å². The topological polar surface area (TPSA) is 140 Å². The molecule has 1 atom stereocenters. The second-order valence-corrected chi connectivity index (χ2v) is 11.9. The van der Waals surface area contributed by atoms with Crippen LogP contribution in [0.15, 0.2) is 70.9 Å². The Labute approximate surface area is 227 Å². The summed E-state index contributed by atoms with van der Waals surface area (Å²) in [6.07, 6.45) is -2.47. The zero-order chi connectivity index (χ0) is 29.1. The minimum absolute atomic E-state index is 0.0544. The van der Waals surface area contributed by atoms with E-state index < -0.39 is 44.8 Å². The molecule has 10 nitrogen and oxygen atoms in total. The van der Waals surface area contributed by atoms with Crippen molar-refractivity contribution in [2.24, 2.45) is 11.0 Å². The third-order valence-electron chi connectivity index (χ3n) is 6.35. The van der Waals surface area contributed by atoms with Crippen LogP contribution < -0.4 is 15.0 Å². The Balaban J connectivity index is 1.76. The largest absolute Gasteiger partial charge is 0.432 e. The zero-order valence-corrected chi connectivity index (χ0v) is 22.2. The summed E-state index contributed by atoms with van der Waals surface area (Å²) >= 11 is 0. The lowest BCUT2D eigenvalue weighted by Gasteiger charge is -2.50. The van der Waals surface area contributed by atoms with Crippen LogP contribution in [0.1, 0.15) is 37.5 Å². The van der Waals surface area contributed by atoms with Crippen molar-refractivity contribution in [3.05, 3.63) is 77.6 Å². The molecule has 2 aliphatic rings. The summed E-state index contributed by atoms with van der Waals surface area (Å²) in [7, 11) is -4.24. The molecule has 2 bridgehead atoms. The first kappa shape index (κ1) is 27.2. The SMILES string of the molecule is CC(C)(C)NS(=O)(=O)c1c2cccc1C21C(C(=O)Nc2ncccn2)C(C(F)(F)F)=NN1c1cccc(C#N)c1. The molecule has 0 saturated heterocycles. The van der Waals surface area contributed by atoms with Crippen molar-refractivity contribution >= 4 is 33.3 Å². The molecule has 2 aromatic carbocycles. The van der Waals surface area contributed by atoms with Crippen molar-refractivity contribution in [1.29, 1.82) is 5.26 Å². The molecule has 0 fully saturated rings. The molecule has 1 amide bonds. The van der Waals surface area contributed by atoms with Crippen LogP contribution in [0.5, 0.6) is 0 Å². The van der Waals surface area contributed by atoms with E-state index in [0.29, 0.717) is 0 Å². The molecule has 0 saturated carbocycles. The van der Waals surface area contributed by atoms with Gasteiger partial charge < -0.3 is 0 Å². The van der Waals surface area contributed by atoms with E-state index in [1.54, 1.807) is 20.8 Å². The van der Waals surface area contributed by atoms with Crippen molar-refractivity contribution in [2.75, 3.05) is 10.3 Å². The molecular formula is C26H22F3N7O3S. The number of nitrogens with one attached hydrogen (secondary N) is 2. The van der Waals surface area contributed by atoms with Crippen LogP contribution in [0.3, 0.4) is 0 Å². The number of anilines is 2. The summed E-state index contributed by atoms with van der Waals surface area (Å²) in [5.41, 5.74) is -4.25. The highest BCUT2D eigenvalue weighted by Gasteiger charge is 2.69. The first-order chi connectivity index (χ1) is 18.7. The van der Waals surface area contributed by atoms with Gasteiger partial charge in [-0.25, -0.2) is 28.1 Å². The predicted octanol–water partition coefficient (Wildman–Crippen LogP) is 3.68. The molecule has 2 N–H and O–H groups in total. The van der Waals surface area contributed by atoms with Crippen LogP contribution in [0.25, 0.3) is 0 Å². The van der Waals surface area contributed by atoms with Crippen molar-refractivity contribution < 1.29 is 26.4 Å². The summed E-state index contributed by atoms with van der Waals surface area (Å²) in [6, 6.07) is 13.3. The van der Waals surface area contributed by atoms with Gasteiger partial charge in [-0.1, -0.05) is 24.3 Å². The quantitative estimate of drug-likeness (QED) is 0.478. The highest BCUT2D eigenvalue weighted by atomic mass is 32.2. The third kappa shape index (κ3) is 4.27. The fraction of sp³-hybridized carbons (Fsp3) is 0.269. The number of aromatic nitrogens is 2. The van der Waals surface area contributed by atoms with Crippen LogP contribution in [0, 0.1) is 17.2 Å². The maximum atomic E-state index is 14.6. The lowest BCUT2D eigenvalue weighted by molar-refractivity contribution is -0.121. The van der Waals surface area contributed by atoms with Crippen LogP contribution in [0.2, 0.25) is 0 Å². The van der Waals surface area contributed by atoms with Gasteiger partial charge in [0.15, 0.2) is 5.71 Å². The molecule has 5 rings (SSSR count). The number of halogens is 3. The average molecular weight is 570 g/mol. The van der Waals surface area contributed by atoms with Gasteiger partial charge in [-0.05, 0) is 45.0 Å². The molecule has 1 unspecified atom stereocenters. The van der Waals surface area contributed by atoms with E-state index in [1.165, 1.54) is 60.9 Å². The number of carbonyl (C=O) groups excluding carboxylic acids is 1. The van der Waals surface area contributed by atoms with Gasteiger partial charge in [0, 0.05) is 29.1 Å². The molecule has 206 valence electrons. The Morgan fingerprint density at radius 3 is 2.25 bits per heavy atom. The molecule has 1 aliphatic carbocycles. The number of hydrazone groups is 1. The van der Waals surface area contributed by atoms with E-state index in [-0.39, 0.29) is 33.2 Å². The lowest BCUT2D eigenvalue weighted by Crippen LogP contribution is -2.59. The molecule has 3 aromatic rings. The highest BCUT2D eigenvalue weighted by Crippen LogP contribution is 2.61. The summed E-state index contributed by atoms with van der Waals surface area (Å²) < 4.78 is 73.2. The first-order valence-electron chi connectivity index (χ1n) is 11.9. The first-order valence-corrected chi connectivity index (χ1v) is 13.4. The van der Waals surface area contributed by atoms with Crippen molar-refractivity contribution in [2.45, 2.75) is 42.9 Å². The van der Waals surface area contributed by atoms with Crippen molar-refractivity contribution in [3.63, 3.8) is 0 Å². The van der Waals surface area contributed by atoms with Gasteiger partial charge >= 0.3 is 6.18 Å². The number of amides is 1. The number of nitrogens with zero attached hydrogens (tertiary/aromatic N) is 5. The minimum atomic E-state index is -5.08. The highest BCUT2D eigenvalue weighted by molar-refractivity contribution is 7.89. The number of rotatable bonds is 5. The maximum Gasteiger partial charge on any atom is 0.432 e. The van der Waals surface area contributed by atoms with Crippen molar-refractivity contribution in [1.82, 2.24) is 14.7 Å². The summed E-state index contributed by atoms with van der Waals surface area (Å²) in [5, 5.41) is 16.6. The van der Waals surface area contributed by atoms with E-state index in [4.69, 9.17) is 0 Å². The number of hydrogen-bond donors (Lipinski definition) is 2. The van der Waals surface area contributed by atoms with E-state index in [1.807, 2.05) is 6.07 Å². The number of benzene rings is 2. The predicted molar refractivity (Wildman–Crippen MR) is 139 cm³/mol. The van der Waals surface area contributed by atoms with E-state index in [2.05, 4.69) is 25.1 Å². The minimum Gasteiger partial charge on any atom is -0.294 e. The third-order valence-corrected chi connectivity index (χ3v) is 8.21. The van der Waals surface area contributed by atoms with Gasteiger partial charge in [-0.2, -0.15) is 23.5 Å². The molecule has 40 heavy (non-hydrogen) atoms. The molecule has 14 heteroatoms.